The van der Waals surface area contributed by atoms with Crippen LogP contribution < -0.4 is 10.1 Å². The number of aliphatic carboxylic acids is 1. The Morgan fingerprint density at radius 2 is 1.97 bits per heavy atom. The average molecular weight is 431 g/mol. The van der Waals surface area contributed by atoms with E-state index in [1.54, 1.807) is 24.8 Å². The van der Waals surface area contributed by atoms with Crippen LogP contribution in [0, 0.1) is 0 Å². The Hall–Kier alpha value is -3.94. The van der Waals surface area contributed by atoms with Gasteiger partial charge in [0.05, 0.1) is 42.8 Å². The number of anilines is 2. The van der Waals surface area contributed by atoms with E-state index >= 15 is 0 Å². The highest BCUT2D eigenvalue weighted by molar-refractivity contribution is 5.99. The second kappa shape index (κ2) is 9.47. The van der Waals surface area contributed by atoms with Crippen LogP contribution in [-0.4, -0.2) is 37.6 Å². The minimum atomic E-state index is -0.806. The van der Waals surface area contributed by atoms with E-state index in [9.17, 15) is 9.90 Å². The van der Waals surface area contributed by atoms with Crippen LogP contribution in [0.5, 0.6) is 6.01 Å². The second-order valence-corrected chi connectivity index (χ2v) is 7.44. The van der Waals surface area contributed by atoms with Gasteiger partial charge in [-0.2, -0.15) is 0 Å². The molecule has 164 valence electrons. The summed E-state index contributed by atoms with van der Waals surface area (Å²) in [5.74, 6) is -0.884. The van der Waals surface area contributed by atoms with Crippen molar-refractivity contribution in [2.24, 2.45) is 0 Å². The quantitative estimate of drug-likeness (QED) is 0.337. The van der Waals surface area contributed by atoms with Crippen molar-refractivity contribution in [1.29, 1.82) is 0 Å². The maximum Gasteiger partial charge on any atom is 0.316 e. The van der Waals surface area contributed by atoms with Gasteiger partial charge in [0, 0.05) is 34.6 Å². The van der Waals surface area contributed by atoms with Crippen LogP contribution in [-0.2, 0) is 4.79 Å². The Bertz CT molecular complexity index is 1220. The van der Waals surface area contributed by atoms with E-state index in [0.29, 0.717) is 18.3 Å². The molecule has 32 heavy (non-hydrogen) atoms. The number of carbonyl (C=O) groups is 1. The van der Waals surface area contributed by atoms with Gasteiger partial charge in [-0.1, -0.05) is 19.1 Å². The molecular formula is C24H25N5O3. The maximum atomic E-state index is 11.3. The molecule has 0 unspecified atom stereocenters. The van der Waals surface area contributed by atoms with Gasteiger partial charge in [-0.15, -0.1) is 0 Å². The molecule has 4 aromatic rings. The topological polar surface area (TPSA) is 113 Å². The minimum absolute atomic E-state index is 0.0779. The lowest BCUT2D eigenvalue weighted by atomic mass is 9.90. The first-order valence-corrected chi connectivity index (χ1v) is 10.6. The van der Waals surface area contributed by atoms with Gasteiger partial charge in [0.25, 0.3) is 0 Å². The van der Waals surface area contributed by atoms with Gasteiger partial charge in [-0.05, 0) is 37.0 Å². The highest BCUT2D eigenvalue weighted by Crippen LogP contribution is 2.37. The van der Waals surface area contributed by atoms with E-state index < -0.39 is 5.97 Å². The molecule has 0 saturated carbocycles. The maximum absolute atomic E-state index is 11.3. The molecule has 0 bridgehead atoms. The zero-order valence-electron chi connectivity index (χ0n) is 18.0. The van der Waals surface area contributed by atoms with Crippen molar-refractivity contribution in [2.45, 2.75) is 32.6 Å². The third kappa shape index (κ3) is 4.54. The second-order valence-electron chi connectivity index (χ2n) is 7.44. The number of H-pyrrole nitrogens is 1. The van der Waals surface area contributed by atoms with Gasteiger partial charge in [0.1, 0.15) is 0 Å². The van der Waals surface area contributed by atoms with Crippen LogP contribution in [0.1, 0.15) is 38.2 Å². The Morgan fingerprint density at radius 3 is 2.69 bits per heavy atom. The predicted molar refractivity (Wildman–Crippen MR) is 123 cm³/mol. The number of carboxylic acids is 1. The van der Waals surface area contributed by atoms with Crippen molar-refractivity contribution in [1.82, 2.24) is 19.9 Å². The monoisotopic (exact) mass is 431 g/mol. The number of hydrogen-bond acceptors (Lipinski definition) is 6. The van der Waals surface area contributed by atoms with Gasteiger partial charge in [0.2, 0.25) is 0 Å². The molecule has 3 N–H and O–H groups in total. The largest absolute Gasteiger partial charge is 0.481 e. The van der Waals surface area contributed by atoms with Crippen molar-refractivity contribution in [3.63, 3.8) is 0 Å². The molecule has 0 aliphatic rings. The van der Waals surface area contributed by atoms with Crippen molar-refractivity contribution < 1.29 is 14.6 Å². The predicted octanol–water partition coefficient (Wildman–Crippen LogP) is 5.13. The van der Waals surface area contributed by atoms with Crippen molar-refractivity contribution in [2.75, 3.05) is 11.9 Å². The SMILES string of the molecule is CCOc1ncc(Nc2cc([C@H](CC)CC(=O)O)ccc2-c2c[nH]c3cnccc23)cn1. The fourth-order valence-electron chi connectivity index (χ4n) is 3.80. The number of hydrogen-bond donors (Lipinski definition) is 3. The van der Waals surface area contributed by atoms with Crippen LogP contribution in [0.2, 0.25) is 0 Å². The summed E-state index contributed by atoms with van der Waals surface area (Å²) in [6.07, 6.45) is 9.66. The zero-order chi connectivity index (χ0) is 22.5. The molecule has 3 aromatic heterocycles. The van der Waals surface area contributed by atoms with Crippen LogP contribution in [0.4, 0.5) is 11.4 Å². The number of nitrogens with one attached hydrogen (secondary N) is 2. The zero-order valence-corrected chi connectivity index (χ0v) is 18.0. The molecule has 1 atom stereocenters. The van der Waals surface area contributed by atoms with Gasteiger partial charge in [-0.25, -0.2) is 9.97 Å². The van der Waals surface area contributed by atoms with Crippen LogP contribution in [0.15, 0.2) is 55.2 Å². The molecule has 0 aliphatic heterocycles. The molecule has 0 spiro atoms. The van der Waals surface area contributed by atoms with E-state index in [0.717, 1.165) is 39.7 Å². The van der Waals surface area contributed by atoms with E-state index in [2.05, 4.69) is 25.3 Å². The highest BCUT2D eigenvalue weighted by atomic mass is 16.5. The molecule has 0 radical (unpaired) electrons. The van der Waals surface area contributed by atoms with Crippen LogP contribution in [0.3, 0.4) is 0 Å². The van der Waals surface area contributed by atoms with Crippen LogP contribution >= 0.6 is 0 Å². The molecule has 8 heteroatoms. The fraction of sp³-hybridized carbons (Fsp3) is 0.250. The number of aromatic amines is 1. The van der Waals surface area contributed by atoms with Gasteiger partial charge >= 0.3 is 12.0 Å². The third-order valence-corrected chi connectivity index (χ3v) is 5.38. The van der Waals surface area contributed by atoms with E-state index in [1.165, 1.54) is 0 Å². The van der Waals surface area contributed by atoms with Crippen LogP contribution in [0.25, 0.3) is 22.0 Å². The molecule has 1 aromatic carbocycles. The number of aromatic nitrogens is 4. The summed E-state index contributed by atoms with van der Waals surface area (Å²) in [6, 6.07) is 8.34. The molecule has 0 fully saturated rings. The van der Waals surface area contributed by atoms with E-state index in [4.69, 9.17) is 4.74 Å². The Kier molecular flexibility index (Phi) is 6.30. The number of benzene rings is 1. The summed E-state index contributed by atoms with van der Waals surface area (Å²) in [7, 11) is 0. The molecular weight excluding hydrogens is 406 g/mol. The molecule has 3 heterocycles. The van der Waals surface area contributed by atoms with Gasteiger partial charge in [0.15, 0.2) is 0 Å². The summed E-state index contributed by atoms with van der Waals surface area (Å²) in [4.78, 5) is 27.3. The van der Waals surface area contributed by atoms with Crippen molar-refractivity contribution in [3.05, 3.63) is 60.8 Å². The van der Waals surface area contributed by atoms with Crippen molar-refractivity contribution >= 4 is 28.2 Å². The number of carboxylic acid groups (broad SMARTS) is 1. The number of ether oxygens (including phenoxy) is 1. The highest BCUT2D eigenvalue weighted by Gasteiger charge is 2.18. The van der Waals surface area contributed by atoms with Crippen molar-refractivity contribution in [3.8, 4) is 17.1 Å². The van der Waals surface area contributed by atoms with E-state index in [-0.39, 0.29) is 12.3 Å². The minimum Gasteiger partial charge on any atom is -0.481 e. The normalized spacial score (nSPS) is 11.9. The summed E-state index contributed by atoms with van der Waals surface area (Å²) < 4.78 is 5.33. The molecule has 0 amide bonds. The molecule has 8 nitrogen and oxygen atoms in total. The number of fused-ring (bicyclic) bond motifs is 1. The number of nitrogens with zero attached hydrogens (tertiary/aromatic N) is 3. The number of pyridine rings is 1. The summed E-state index contributed by atoms with van der Waals surface area (Å²) >= 11 is 0. The summed E-state index contributed by atoms with van der Waals surface area (Å²) in [6.45, 7) is 4.38. The molecule has 0 saturated heterocycles. The number of rotatable bonds is 9. The fourth-order valence-corrected chi connectivity index (χ4v) is 3.80. The third-order valence-electron chi connectivity index (χ3n) is 5.38. The lowest BCUT2D eigenvalue weighted by molar-refractivity contribution is -0.137. The summed E-state index contributed by atoms with van der Waals surface area (Å²) in [5.41, 5.74) is 5.46. The van der Waals surface area contributed by atoms with E-state index in [1.807, 2.05) is 44.3 Å². The van der Waals surface area contributed by atoms with Gasteiger partial charge in [-0.3, -0.25) is 9.78 Å². The first kappa shape index (κ1) is 21.3. The smallest absolute Gasteiger partial charge is 0.316 e. The lowest BCUT2D eigenvalue weighted by Crippen LogP contribution is -2.06. The standard InChI is InChI=1S/C24H25N5O3/c1-3-15(10-23(30)31)16-5-6-18(20-13-26-22-14-25-8-7-19(20)22)21(9-16)29-17-11-27-24(28-12-17)32-4-2/h5-9,11-15,26,29H,3-4,10H2,1-2H3,(H,30,31)/t15-/m1/s1. The lowest BCUT2D eigenvalue weighted by Gasteiger charge is -2.18. The Morgan fingerprint density at radius 1 is 1.16 bits per heavy atom. The molecule has 0 aliphatic carbocycles. The molecule has 4 rings (SSSR count). The Labute approximate surface area is 185 Å². The summed E-state index contributed by atoms with van der Waals surface area (Å²) in [5, 5.41) is 13.8. The average Bonchev–Trinajstić information content (AvgIpc) is 3.23. The Balaban J connectivity index is 1.77. The first-order valence-electron chi connectivity index (χ1n) is 10.6. The first-order chi connectivity index (χ1) is 15.6. The van der Waals surface area contributed by atoms with Gasteiger partial charge < -0.3 is 20.1 Å².